The Morgan fingerprint density at radius 1 is 1.43 bits per heavy atom. The van der Waals surface area contributed by atoms with Gasteiger partial charge in [-0.3, -0.25) is 19.4 Å². The number of hydrogen-bond donors (Lipinski definition) is 3. The van der Waals surface area contributed by atoms with Gasteiger partial charge in [0, 0.05) is 31.7 Å². The first kappa shape index (κ1) is 17.2. The second kappa shape index (κ2) is 6.95. The third-order valence-corrected chi connectivity index (χ3v) is 4.10. The Hall–Kier alpha value is -2.15. The van der Waals surface area contributed by atoms with Crippen LogP contribution in [0.15, 0.2) is 4.79 Å². The SMILES string of the molecule is Cc1nc2c(c(C)c1CCC(=O)NCCC(C)N)c(=O)[nH]n2C. The fourth-order valence-electron chi connectivity index (χ4n) is 2.78. The zero-order valence-corrected chi connectivity index (χ0v) is 14.2. The first-order chi connectivity index (χ1) is 10.8. The molecule has 126 valence electrons. The first-order valence-corrected chi connectivity index (χ1v) is 7.88. The van der Waals surface area contributed by atoms with Crippen molar-refractivity contribution < 1.29 is 4.79 Å². The van der Waals surface area contributed by atoms with Crippen LogP contribution in [-0.2, 0) is 18.3 Å². The second-order valence-electron chi connectivity index (χ2n) is 6.12. The van der Waals surface area contributed by atoms with Crippen LogP contribution in [0.2, 0.25) is 0 Å². The third-order valence-electron chi connectivity index (χ3n) is 4.10. The Labute approximate surface area is 135 Å². The van der Waals surface area contributed by atoms with E-state index in [1.807, 2.05) is 20.8 Å². The molecular weight excluding hydrogens is 294 g/mol. The Balaban J connectivity index is 2.13. The number of pyridine rings is 1. The van der Waals surface area contributed by atoms with Crippen molar-refractivity contribution in [3.8, 4) is 0 Å². The largest absolute Gasteiger partial charge is 0.356 e. The van der Waals surface area contributed by atoms with Crippen LogP contribution in [0, 0.1) is 13.8 Å². The van der Waals surface area contributed by atoms with E-state index in [2.05, 4.69) is 15.4 Å². The van der Waals surface area contributed by atoms with Crippen LogP contribution in [0.5, 0.6) is 0 Å². The molecule has 23 heavy (non-hydrogen) atoms. The van der Waals surface area contributed by atoms with E-state index in [9.17, 15) is 9.59 Å². The van der Waals surface area contributed by atoms with Crippen LogP contribution in [0.4, 0.5) is 0 Å². The van der Waals surface area contributed by atoms with Gasteiger partial charge in [-0.1, -0.05) is 0 Å². The van der Waals surface area contributed by atoms with Gasteiger partial charge in [-0.25, -0.2) is 4.98 Å². The van der Waals surface area contributed by atoms with E-state index in [0.717, 1.165) is 23.2 Å². The van der Waals surface area contributed by atoms with Crippen LogP contribution < -0.4 is 16.6 Å². The summed E-state index contributed by atoms with van der Waals surface area (Å²) in [5, 5.41) is 6.19. The predicted molar refractivity (Wildman–Crippen MR) is 90.4 cm³/mol. The van der Waals surface area contributed by atoms with E-state index in [4.69, 9.17) is 5.73 Å². The summed E-state index contributed by atoms with van der Waals surface area (Å²) in [5.41, 5.74) is 8.89. The Morgan fingerprint density at radius 3 is 2.78 bits per heavy atom. The van der Waals surface area contributed by atoms with Gasteiger partial charge in [0.05, 0.1) is 5.39 Å². The number of H-pyrrole nitrogens is 1. The molecule has 0 fully saturated rings. The average Bonchev–Trinajstić information content (AvgIpc) is 2.72. The number of amides is 1. The van der Waals surface area contributed by atoms with Crippen molar-refractivity contribution in [1.82, 2.24) is 20.1 Å². The maximum absolute atomic E-state index is 12.0. The van der Waals surface area contributed by atoms with Crippen LogP contribution in [0.1, 0.15) is 36.6 Å². The summed E-state index contributed by atoms with van der Waals surface area (Å²) in [6.07, 6.45) is 1.70. The number of fused-ring (bicyclic) bond motifs is 1. The smallest absolute Gasteiger partial charge is 0.273 e. The average molecular weight is 319 g/mol. The highest BCUT2D eigenvalue weighted by atomic mass is 16.1. The maximum Gasteiger partial charge on any atom is 0.273 e. The molecule has 1 amide bonds. The fourth-order valence-corrected chi connectivity index (χ4v) is 2.78. The number of nitrogens with zero attached hydrogens (tertiary/aromatic N) is 2. The standard InChI is InChI=1S/C16H25N5O2/c1-9(17)7-8-18-13(22)6-5-12-10(2)14-15(19-11(12)3)21(4)20-16(14)23/h9H,5-8,17H2,1-4H3,(H,18,22)(H,20,23). The minimum Gasteiger partial charge on any atom is -0.356 e. The minimum atomic E-state index is -0.143. The van der Waals surface area contributed by atoms with Crippen molar-refractivity contribution in [2.75, 3.05) is 6.54 Å². The zero-order valence-electron chi connectivity index (χ0n) is 14.2. The van der Waals surface area contributed by atoms with Crippen LogP contribution >= 0.6 is 0 Å². The summed E-state index contributed by atoms with van der Waals surface area (Å²) in [6, 6.07) is 0.0798. The summed E-state index contributed by atoms with van der Waals surface area (Å²) < 4.78 is 1.63. The van der Waals surface area contributed by atoms with Crippen molar-refractivity contribution in [2.45, 2.75) is 46.1 Å². The monoisotopic (exact) mass is 319 g/mol. The molecule has 2 aromatic rings. The molecule has 7 nitrogen and oxygen atoms in total. The van der Waals surface area contributed by atoms with Gasteiger partial charge in [-0.15, -0.1) is 0 Å². The van der Waals surface area contributed by atoms with Gasteiger partial charge in [0.25, 0.3) is 5.56 Å². The van der Waals surface area contributed by atoms with Gasteiger partial charge in [-0.2, -0.15) is 0 Å². The molecule has 2 heterocycles. The van der Waals surface area contributed by atoms with Crippen LogP contribution in [-0.4, -0.2) is 33.3 Å². The van der Waals surface area contributed by atoms with E-state index in [0.29, 0.717) is 30.4 Å². The summed E-state index contributed by atoms with van der Waals surface area (Å²) in [5.74, 6) is -0.00785. The number of aromatic nitrogens is 3. The van der Waals surface area contributed by atoms with Crippen molar-refractivity contribution in [3.05, 3.63) is 27.2 Å². The molecule has 0 spiro atoms. The molecule has 4 N–H and O–H groups in total. The molecule has 0 aliphatic heterocycles. The molecule has 0 radical (unpaired) electrons. The van der Waals surface area contributed by atoms with Crippen molar-refractivity contribution >= 4 is 16.9 Å². The zero-order chi connectivity index (χ0) is 17.1. The fraction of sp³-hybridized carbons (Fsp3) is 0.562. The summed E-state index contributed by atoms with van der Waals surface area (Å²) in [4.78, 5) is 28.4. The van der Waals surface area contributed by atoms with Crippen molar-refractivity contribution in [1.29, 1.82) is 0 Å². The number of hydrogen-bond acceptors (Lipinski definition) is 4. The number of aromatic amines is 1. The van der Waals surface area contributed by atoms with Gasteiger partial charge in [-0.05, 0) is 44.7 Å². The van der Waals surface area contributed by atoms with Crippen molar-refractivity contribution in [2.24, 2.45) is 12.8 Å². The predicted octanol–water partition coefficient (Wildman–Crippen LogP) is 0.665. The molecule has 1 unspecified atom stereocenters. The molecular formula is C16H25N5O2. The van der Waals surface area contributed by atoms with Gasteiger partial charge in [0.1, 0.15) is 0 Å². The number of aryl methyl sites for hydroxylation is 3. The number of nitrogens with two attached hydrogens (primary N) is 1. The van der Waals surface area contributed by atoms with Crippen molar-refractivity contribution in [3.63, 3.8) is 0 Å². The number of carbonyl (C=O) groups excluding carboxylic acids is 1. The molecule has 2 rings (SSSR count). The Bertz CT molecular complexity index is 773. The number of nitrogens with one attached hydrogen (secondary N) is 2. The third kappa shape index (κ3) is 3.79. The lowest BCUT2D eigenvalue weighted by molar-refractivity contribution is -0.121. The van der Waals surface area contributed by atoms with E-state index < -0.39 is 0 Å². The lowest BCUT2D eigenvalue weighted by atomic mass is 10.0. The van der Waals surface area contributed by atoms with Crippen LogP contribution in [0.3, 0.4) is 0 Å². The highest BCUT2D eigenvalue weighted by Gasteiger charge is 2.15. The lowest BCUT2D eigenvalue weighted by Gasteiger charge is -2.11. The van der Waals surface area contributed by atoms with E-state index in [1.165, 1.54) is 0 Å². The summed E-state index contributed by atoms with van der Waals surface area (Å²) in [7, 11) is 1.77. The second-order valence-corrected chi connectivity index (χ2v) is 6.12. The molecule has 1 atom stereocenters. The summed E-state index contributed by atoms with van der Waals surface area (Å²) >= 11 is 0. The number of rotatable bonds is 6. The topological polar surface area (TPSA) is 106 Å². The number of carbonyl (C=O) groups is 1. The van der Waals surface area contributed by atoms with Crippen LogP contribution in [0.25, 0.3) is 11.0 Å². The lowest BCUT2D eigenvalue weighted by Crippen LogP contribution is -2.29. The quantitative estimate of drug-likeness (QED) is 0.727. The minimum absolute atomic E-state index is 0.00785. The molecule has 7 heteroatoms. The first-order valence-electron chi connectivity index (χ1n) is 7.88. The molecule has 0 aliphatic carbocycles. The highest BCUT2D eigenvalue weighted by Crippen LogP contribution is 2.20. The molecule has 0 saturated carbocycles. The normalized spacial score (nSPS) is 12.6. The maximum atomic E-state index is 12.0. The molecule has 2 aromatic heterocycles. The Kier molecular flexibility index (Phi) is 5.20. The van der Waals surface area contributed by atoms with E-state index in [-0.39, 0.29) is 17.5 Å². The molecule has 0 aromatic carbocycles. The van der Waals surface area contributed by atoms with Gasteiger partial charge in [0.15, 0.2) is 5.65 Å². The van der Waals surface area contributed by atoms with E-state index in [1.54, 1.807) is 11.7 Å². The van der Waals surface area contributed by atoms with Gasteiger partial charge < -0.3 is 11.1 Å². The molecule has 0 saturated heterocycles. The Morgan fingerprint density at radius 2 is 2.13 bits per heavy atom. The van der Waals surface area contributed by atoms with Gasteiger partial charge in [0.2, 0.25) is 5.91 Å². The molecule has 0 aliphatic rings. The molecule has 0 bridgehead atoms. The van der Waals surface area contributed by atoms with Gasteiger partial charge >= 0.3 is 0 Å². The summed E-state index contributed by atoms with van der Waals surface area (Å²) in [6.45, 7) is 6.32. The van der Waals surface area contributed by atoms with E-state index >= 15 is 0 Å². The highest BCUT2D eigenvalue weighted by molar-refractivity contribution is 5.81.